The summed E-state index contributed by atoms with van der Waals surface area (Å²) in [5.41, 5.74) is 0.823. The van der Waals surface area contributed by atoms with E-state index < -0.39 is 16.0 Å². The number of hydrogen-bond donors (Lipinski definition) is 0. The van der Waals surface area contributed by atoms with E-state index in [4.69, 9.17) is 14.2 Å². The molecule has 32 heavy (non-hydrogen) atoms. The highest BCUT2D eigenvalue weighted by Crippen LogP contribution is 2.34. The van der Waals surface area contributed by atoms with Crippen LogP contribution in [0, 0.1) is 0 Å². The monoisotopic (exact) mass is 461 g/mol. The van der Waals surface area contributed by atoms with Crippen molar-refractivity contribution in [2.45, 2.75) is 63.1 Å². The quantitative estimate of drug-likeness (QED) is 0.515. The van der Waals surface area contributed by atoms with E-state index in [9.17, 15) is 13.2 Å². The molecular weight excluding hydrogens is 430 g/mol. The second-order valence-corrected chi connectivity index (χ2v) is 9.99. The first-order valence-corrected chi connectivity index (χ1v) is 12.2. The highest BCUT2D eigenvalue weighted by atomic mass is 32.2. The van der Waals surface area contributed by atoms with Crippen LogP contribution in [0.15, 0.2) is 47.4 Å². The molecule has 3 rings (SSSR count). The molecule has 1 aliphatic rings. The van der Waals surface area contributed by atoms with Crippen LogP contribution in [-0.2, 0) is 21.3 Å². The zero-order valence-corrected chi connectivity index (χ0v) is 19.9. The van der Waals surface area contributed by atoms with Gasteiger partial charge in [-0.15, -0.1) is 0 Å². The van der Waals surface area contributed by atoms with Crippen molar-refractivity contribution in [2.75, 3.05) is 14.2 Å². The lowest BCUT2D eigenvalue weighted by atomic mass is 10.1. The van der Waals surface area contributed by atoms with Gasteiger partial charge in [-0.3, -0.25) is 0 Å². The van der Waals surface area contributed by atoms with Crippen molar-refractivity contribution in [2.24, 2.45) is 0 Å². The highest BCUT2D eigenvalue weighted by molar-refractivity contribution is 7.89. The molecule has 0 aromatic heterocycles. The van der Waals surface area contributed by atoms with Crippen LogP contribution in [-0.4, -0.2) is 45.1 Å². The summed E-state index contributed by atoms with van der Waals surface area (Å²) in [6.07, 6.45) is 3.45. The normalized spacial score (nSPS) is 14.7. The molecule has 1 fully saturated rings. The Bertz CT molecular complexity index is 1040. The van der Waals surface area contributed by atoms with E-state index in [2.05, 4.69) is 0 Å². The summed E-state index contributed by atoms with van der Waals surface area (Å²) in [4.78, 5) is 12.2. The van der Waals surface area contributed by atoms with Gasteiger partial charge in [0.2, 0.25) is 10.0 Å². The fraction of sp³-hybridized carbons (Fsp3) is 0.458. The average molecular weight is 462 g/mol. The van der Waals surface area contributed by atoms with Crippen molar-refractivity contribution in [3.05, 3.63) is 53.6 Å². The molecule has 7 nitrogen and oxygen atoms in total. The van der Waals surface area contributed by atoms with Crippen molar-refractivity contribution in [1.82, 2.24) is 4.31 Å². The molecule has 0 unspecified atom stereocenters. The van der Waals surface area contributed by atoms with Crippen LogP contribution in [0.3, 0.4) is 0 Å². The largest absolute Gasteiger partial charge is 0.493 e. The van der Waals surface area contributed by atoms with Gasteiger partial charge in [0.25, 0.3) is 0 Å². The van der Waals surface area contributed by atoms with E-state index >= 15 is 0 Å². The van der Waals surface area contributed by atoms with Gasteiger partial charge in [0.1, 0.15) is 0 Å². The Hall–Kier alpha value is -2.58. The number of hydrogen-bond acceptors (Lipinski definition) is 6. The molecule has 2 aromatic carbocycles. The Balaban J connectivity index is 2.03. The number of carbonyl (C=O) groups excluding carboxylic acids is 1. The number of methoxy groups -OCH3 is 2. The number of nitrogens with zero attached hydrogens (tertiary/aromatic N) is 1. The van der Waals surface area contributed by atoms with Gasteiger partial charge in [-0.1, -0.05) is 31.0 Å². The third kappa shape index (κ3) is 5.24. The number of carbonyl (C=O) groups is 1. The molecule has 174 valence electrons. The molecule has 0 heterocycles. The minimum absolute atomic E-state index is 0.0362. The smallest absolute Gasteiger partial charge is 0.339 e. The molecular formula is C24H31NO6S. The van der Waals surface area contributed by atoms with Crippen LogP contribution >= 0.6 is 0 Å². The van der Waals surface area contributed by atoms with Crippen molar-refractivity contribution < 1.29 is 27.4 Å². The zero-order valence-electron chi connectivity index (χ0n) is 19.0. The number of ether oxygens (including phenoxy) is 3. The van der Waals surface area contributed by atoms with E-state index in [0.29, 0.717) is 11.5 Å². The van der Waals surface area contributed by atoms with Crippen molar-refractivity contribution in [1.29, 1.82) is 0 Å². The van der Waals surface area contributed by atoms with Gasteiger partial charge in [-0.2, -0.15) is 4.31 Å². The Kier molecular flexibility index (Phi) is 7.79. The van der Waals surface area contributed by atoms with Crippen molar-refractivity contribution in [3.8, 4) is 11.5 Å². The summed E-state index contributed by atoms with van der Waals surface area (Å²) in [6.45, 7) is 4.01. The van der Waals surface area contributed by atoms with Crippen molar-refractivity contribution in [3.63, 3.8) is 0 Å². The van der Waals surface area contributed by atoms with Crippen LogP contribution in [0.25, 0.3) is 0 Å². The molecule has 8 heteroatoms. The van der Waals surface area contributed by atoms with E-state index in [0.717, 1.165) is 31.2 Å². The lowest BCUT2D eigenvalue weighted by Gasteiger charge is -2.29. The van der Waals surface area contributed by atoms with Crippen LogP contribution in [0.2, 0.25) is 0 Å². The first-order chi connectivity index (χ1) is 15.3. The molecule has 0 aliphatic heterocycles. The minimum Gasteiger partial charge on any atom is -0.493 e. The van der Waals surface area contributed by atoms with E-state index in [-0.39, 0.29) is 29.1 Å². The predicted octanol–water partition coefficient (Wildman–Crippen LogP) is 4.40. The second-order valence-electron chi connectivity index (χ2n) is 8.13. The fourth-order valence-corrected chi connectivity index (χ4v) is 5.90. The van der Waals surface area contributed by atoms with Crippen LogP contribution in [0.1, 0.15) is 55.5 Å². The second kappa shape index (κ2) is 10.4. The molecule has 0 spiro atoms. The summed E-state index contributed by atoms with van der Waals surface area (Å²) >= 11 is 0. The van der Waals surface area contributed by atoms with Gasteiger partial charge >= 0.3 is 5.97 Å². The number of benzene rings is 2. The Labute approximate surface area is 190 Å². The Morgan fingerprint density at radius 3 is 2.38 bits per heavy atom. The number of esters is 1. The standard InChI is InChI=1S/C24H31NO6S/c1-17(2)31-22-15-18(13-14-21(22)29-3)16-25(19-9-5-6-10-19)32(27,28)23-12-8-7-11-20(23)24(26)30-4/h7-8,11-15,17,19H,5-6,9-10,16H2,1-4H3. The van der Waals surface area contributed by atoms with Gasteiger partial charge in [0.15, 0.2) is 11.5 Å². The van der Waals surface area contributed by atoms with Gasteiger partial charge in [0, 0.05) is 12.6 Å². The van der Waals surface area contributed by atoms with Crippen LogP contribution < -0.4 is 9.47 Å². The number of rotatable bonds is 9. The first kappa shape index (κ1) is 24.1. The first-order valence-electron chi connectivity index (χ1n) is 10.8. The molecule has 1 saturated carbocycles. The van der Waals surface area contributed by atoms with Gasteiger partial charge < -0.3 is 14.2 Å². The van der Waals surface area contributed by atoms with Crippen LogP contribution in [0.4, 0.5) is 0 Å². The summed E-state index contributed by atoms with van der Waals surface area (Å²) < 4.78 is 45.2. The molecule has 0 bridgehead atoms. The van der Waals surface area contributed by atoms with E-state index in [1.54, 1.807) is 25.3 Å². The Morgan fingerprint density at radius 1 is 1.06 bits per heavy atom. The van der Waals surface area contributed by atoms with Gasteiger partial charge in [-0.05, 0) is 56.5 Å². The third-order valence-corrected chi connectivity index (χ3v) is 7.50. The highest BCUT2D eigenvalue weighted by Gasteiger charge is 2.35. The maximum absolute atomic E-state index is 13.8. The average Bonchev–Trinajstić information content (AvgIpc) is 3.31. The van der Waals surface area contributed by atoms with Crippen LogP contribution in [0.5, 0.6) is 11.5 Å². The molecule has 0 saturated heterocycles. The zero-order chi connectivity index (χ0) is 23.3. The molecule has 2 aromatic rings. The fourth-order valence-electron chi connectivity index (χ4n) is 4.04. The SMILES string of the molecule is COC(=O)c1ccccc1S(=O)(=O)N(Cc1ccc(OC)c(OC(C)C)c1)C1CCCC1. The van der Waals surface area contributed by atoms with Crippen molar-refractivity contribution >= 4 is 16.0 Å². The third-order valence-electron chi connectivity index (χ3n) is 5.54. The maximum Gasteiger partial charge on any atom is 0.339 e. The maximum atomic E-state index is 13.8. The summed E-state index contributed by atoms with van der Waals surface area (Å²) in [6, 6.07) is 11.5. The molecule has 0 amide bonds. The number of sulfonamides is 1. The molecule has 0 radical (unpaired) electrons. The van der Waals surface area contributed by atoms with Gasteiger partial charge in [-0.25, -0.2) is 13.2 Å². The minimum atomic E-state index is -3.96. The van der Waals surface area contributed by atoms with E-state index in [1.807, 2.05) is 26.0 Å². The molecule has 1 aliphatic carbocycles. The predicted molar refractivity (Wildman–Crippen MR) is 122 cm³/mol. The Morgan fingerprint density at radius 2 is 1.75 bits per heavy atom. The summed E-state index contributed by atoms with van der Waals surface area (Å²) in [7, 11) is -1.14. The van der Waals surface area contributed by atoms with E-state index in [1.165, 1.54) is 23.5 Å². The topological polar surface area (TPSA) is 82.1 Å². The molecule has 0 N–H and O–H groups in total. The van der Waals surface area contributed by atoms with Gasteiger partial charge in [0.05, 0.1) is 30.8 Å². The summed E-state index contributed by atoms with van der Waals surface area (Å²) in [5, 5.41) is 0. The lowest BCUT2D eigenvalue weighted by molar-refractivity contribution is 0.0596. The summed E-state index contributed by atoms with van der Waals surface area (Å²) in [5.74, 6) is 0.486. The molecule has 0 atom stereocenters. The lowest BCUT2D eigenvalue weighted by Crippen LogP contribution is -2.39.